The van der Waals surface area contributed by atoms with Gasteiger partial charge in [0.1, 0.15) is 0 Å². The van der Waals surface area contributed by atoms with Crippen molar-refractivity contribution in [1.29, 1.82) is 0 Å². The maximum absolute atomic E-state index is 5.17. The van der Waals surface area contributed by atoms with Crippen LogP contribution in [0, 0.1) is 5.41 Å². The third-order valence-corrected chi connectivity index (χ3v) is 1.43. The van der Waals surface area contributed by atoms with E-state index in [1.807, 2.05) is 0 Å². The zero-order valence-electron chi connectivity index (χ0n) is 8.52. The van der Waals surface area contributed by atoms with E-state index < -0.39 is 0 Å². The summed E-state index contributed by atoms with van der Waals surface area (Å²) in [6.07, 6.45) is 1.00. The van der Waals surface area contributed by atoms with Gasteiger partial charge in [0, 0.05) is 0 Å². The van der Waals surface area contributed by atoms with Crippen molar-refractivity contribution >= 4 is 10.5 Å². The molecule has 0 aromatic carbocycles. The molecule has 0 radical (unpaired) electrons. The predicted molar refractivity (Wildman–Crippen MR) is 50.3 cm³/mol. The van der Waals surface area contributed by atoms with Gasteiger partial charge in [-0.15, -0.1) is 0 Å². The second-order valence-electron chi connectivity index (χ2n) is 4.75. The summed E-state index contributed by atoms with van der Waals surface area (Å²) in [6.45, 7) is 10.7. The second-order valence-corrected chi connectivity index (χ2v) is 5.08. The second kappa shape index (κ2) is 3.69. The molecule has 0 N–H and O–H groups in total. The maximum Gasteiger partial charge on any atom is 0.193 e. The van der Waals surface area contributed by atoms with Gasteiger partial charge in [0.05, 0.1) is 5.60 Å². The molecule has 0 saturated carbocycles. The normalized spacial score (nSPS) is 13.9. The Kier molecular flexibility index (Phi) is 3.74. The van der Waals surface area contributed by atoms with E-state index in [9.17, 15) is 0 Å². The molecule has 0 aliphatic carbocycles. The van der Waals surface area contributed by atoms with Gasteiger partial charge >= 0.3 is 0 Å². The lowest BCUT2D eigenvalue weighted by atomic mass is 9.84. The molecule has 0 heterocycles. The summed E-state index contributed by atoms with van der Waals surface area (Å²) >= 11 is 0. The monoisotopic (exact) mass is 176 g/mol. The molecule has 0 aromatic rings. The van der Waals surface area contributed by atoms with Crippen LogP contribution >= 0.6 is 0 Å². The first-order chi connectivity index (χ1) is 4.77. The van der Waals surface area contributed by atoms with E-state index in [1.165, 1.54) is 0 Å². The highest BCUT2D eigenvalue weighted by atomic mass is 28.2. The zero-order valence-corrected chi connectivity index (χ0v) is 10.5. The van der Waals surface area contributed by atoms with Crippen LogP contribution in [0.15, 0.2) is 0 Å². The zero-order chi connectivity index (χ0) is 9.12. The Morgan fingerprint density at radius 2 is 1.55 bits per heavy atom. The van der Waals surface area contributed by atoms with Crippen molar-refractivity contribution in [3.8, 4) is 0 Å². The lowest BCUT2D eigenvalue weighted by molar-refractivity contribution is -0.286. The van der Waals surface area contributed by atoms with Crippen LogP contribution in [0.4, 0.5) is 0 Å². The van der Waals surface area contributed by atoms with Gasteiger partial charge in [-0.1, -0.05) is 20.8 Å². The number of hydrogen-bond acceptors (Lipinski definition) is 2. The molecular weight excluding hydrogens is 156 g/mol. The molecule has 0 rings (SSSR count). The largest absolute Gasteiger partial charge is 0.298 e. The fourth-order valence-corrected chi connectivity index (χ4v) is 1.98. The lowest BCUT2D eigenvalue weighted by Crippen LogP contribution is -2.30. The molecule has 0 fully saturated rings. The molecule has 0 bridgehead atoms. The van der Waals surface area contributed by atoms with Crippen molar-refractivity contribution in [2.24, 2.45) is 5.41 Å². The van der Waals surface area contributed by atoms with E-state index in [4.69, 9.17) is 9.46 Å². The van der Waals surface area contributed by atoms with Gasteiger partial charge in [-0.25, -0.2) is 4.89 Å². The minimum Gasteiger partial charge on any atom is -0.298 e. The van der Waals surface area contributed by atoms with Gasteiger partial charge in [0.25, 0.3) is 0 Å². The van der Waals surface area contributed by atoms with E-state index >= 15 is 0 Å². The first-order valence-electron chi connectivity index (χ1n) is 3.99. The van der Waals surface area contributed by atoms with Crippen molar-refractivity contribution in [3.63, 3.8) is 0 Å². The molecule has 2 nitrogen and oxygen atoms in total. The number of hydrogen-bond donors (Lipinski definition) is 0. The minimum atomic E-state index is -0.153. The number of rotatable bonds is 3. The van der Waals surface area contributed by atoms with Crippen LogP contribution in [0.1, 0.15) is 41.0 Å². The predicted octanol–water partition coefficient (Wildman–Crippen LogP) is 1.43. The molecule has 0 aliphatic rings. The third kappa shape index (κ3) is 6.53. The van der Waals surface area contributed by atoms with E-state index in [1.54, 1.807) is 0 Å². The Labute approximate surface area is 72.7 Å². The van der Waals surface area contributed by atoms with Gasteiger partial charge in [-0.2, -0.15) is 0 Å². The maximum atomic E-state index is 5.17. The Bertz CT molecular complexity index is 116. The Morgan fingerprint density at radius 3 is 1.82 bits per heavy atom. The highest BCUT2D eigenvalue weighted by Gasteiger charge is 2.26. The van der Waals surface area contributed by atoms with Crippen LogP contribution < -0.4 is 0 Å². The van der Waals surface area contributed by atoms with E-state index in [0.29, 0.717) is 15.9 Å². The van der Waals surface area contributed by atoms with Gasteiger partial charge < -0.3 is 0 Å². The van der Waals surface area contributed by atoms with E-state index in [0.717, 1.165) is 6.42 Å². The molecule has 0 amide bonds. The molecule has 68 valence electrons. The summed E-state index contributed by atoms with van der Waals surface area (Å²) in [5.74, 6) is 0. The molecule has 3 heteroatoms. The molecule has 0 atom stereocenters. The standard InChI is InChI=1S/C8H20O2Si/c1-7(2,3)6-8(4,5)9-10-11/h6H2,1-5,11H3. The summed E-state index contributed by atoms with van der Waals surface area (Å²) in [4.78, 5) is 5.17. The summed E-state index contributed by atoms with van der Waals surface area (Å²) in [5, 5.41) is 0. The van der Waals surface area contributed by atoms with Crippen molar-refractivity contribution in [2.45, 2.75) is 46.6 Å². The van der Waals surface area contributed by atoms with Crippen LogP contribution in [0.25, 0.3) is 0 Å². The molecule has 0 spiro atoms. The quantitative estimate of drug-likeness (QED) is 0.368. The van der Waals surface area contributed by atoms with Crippen LogP contribution in [-0.4, -0.2) is 16.1 Å². The fourth-order valence-electron chi connectivity index (χ4n) is 1.53. The topological polar surface area (TPSA) is 18.5 Å². The molecule has 0 aromatic heterocycles. The van der Waals surface area contributed by atoms with Crippen molar-refractivity contribution in [2.75, 3.05) is 0 Å². The minimum absolute atomic E-state index is 0.153. The average molecular weight is 176 g/mol. The van der Waals surface area contributed by atoms with Gasteiger partial charge in [0.2, 0.25) is 0 Å². The van der Waals surface area contributed by atoms with Crippen molar-refractivity contribution in [3.05, 3.63) is 0 Å². The van der Waals surface area contributed by atoms with Crippen LogP contribution in [0.3, 0.4) is 0 Å². The van der Waals surface area contributed by atoms with E-state index in [2.05, 4.69) is 34.6 Å². The Balaban J connectivity index is 3.91. The molecular formula is C8H20O2Si. The highest BCUT2D eigenvalue weighted by Crippen LogP contribution is 2.29. The van der Waals surface area contributed by atoms with Crippen LogP contribution in [0.5, 0.6) is 0 Å². The van der Waals surface area contributed by atoms with Crippen LogP contribution in [0.2, 0.25) is 0 Å². The van der Waals surface area contributed by atoms with Crippen molar-refractivity contribution in [1.82, 2.24) is 0 Å². The summed E-state index contributed by atoms with van der Waals surface area (Å²) < 4.78 is 4.79. The molecule has 0 unspecified atom stereocenters. The van der Waals surface area contributed by atoms with Gasteiger partial charge in [-0.3, -0.25) is 4.58 Å². The fraction of sp³-hybridized carbons (Fsp3) is 1.00. The van der Waals surface area contributed by atoms with Gasteiger partial charge in [-0.05, 0) is 25.7 Å². The summed E-state index contributed by atoms with van der Waals surface area (Å²) in [7, 11) is 0.639. The molecule has 11 heavy (non-hydrogen) atoms. The Hall–Kier alpha value is 0.137. The molecule has 0 aliphatic heterocycles. The first-order valence-corrected chi connectivity index (χ1v) is 4.80. The average Bonchev–Trinajstić information content (AvgIpc) is 1.55. The smallest absolute Gasteiger partial charge is 0.193 e. The van der Waals surface area contributed by atoms with E-state index in [-0.39, 0.29) is 5.60 Å². The summed E-state index contributed by atoms with van der Waals surface area (Å²) in [6, 6.07) is 0. The first kappa shape index (κ1) is 11.1. The lowest BCUT2D eigenvalue weighted by Gasteiger charge is -2.30. The molecule has 0 saturated heterocycles. The summed E-state index contributed by atoms with van der Waals surface area (Å²) in [5.41, 5.74) is 0.142. The van der Waals surface area contributed by atoms with Gasteiger partial charge in [0.15, 0.2) is 10.5 Å². The van der Waals surface area contributed by atoms with Crippen molar-refractivity contribution < 1.29 is 9.46 Å². The highest BCUT2D eigenvalue weighted by molar-refractivity contribution is 5.97. The third-order valence-electron chi connectivity index (χ3n) is 1.26. The van der Waals surface area contributed by atoms with Crippen LogP contribution in [-0.2, 0) is 9.46 Å². The SMILES string of the molecule is CC(C)(C)CC(C)(C)OO[SiH3]. The Morgan fingerprint density at radius 1 is 1.09 bits per heavy atom.